The van der Waals surface area contributed by atoms with Crippen molar-refractivity contribution in [1.29, 1.82) is 0 Å². The number of rotatable bonds is 6. The van der Waals surface area contributed by atoms with E-state index in [1.165, 1.54) is 32.1 Å². The fourth-order valence-electron chi connectivity index (χ4n) is 3.49. The Morgan fingerprint density at radius 3 is 2.06 bits per heavy atom. The van der Waals surface area contributed by atoms with Gasteiger partial charge in [-0.05, 0) is 23.8 Å². The van der Waals surface area contributed by atoms with E-state index in [1.807, 2.05) is 0 Å². The van der Waals surface area contributed by atoms with Crippen molar-refractivity contribution in [2.45, 2.75) is 58.4 Å². The van der Waals surface area contributed by atoms with E-state index in [0.29, 0.717) is 11.3 Å². The van der Waals surface area contributed by atoms with Crippen LogP contribution in [0.2, 0.25) is 0 Å². The summed E-state index contributed by atoms with van der Waals surface area (Å²) in [6.07, 6.45) is -4.78. The smallest absolute Gasteiger partial charge is 0.374 e. The van der Waals surface area contributed by atoms with E-state index < -0.39 is 60.6 Å². The summed E-state index contributed by atoms with van der Waals surface area (Å²) in [5, 5.41) is 0. The Labute approximate surface area is 200 Å². The van der Waals surface area contributed by atoms with Crippen molar-refractivity contribution < 1.29 is 57.1 Å². The molecule has 0 N–H and O–H groups in total. The molecule has 5 atom stereocenters. The van der Waals surface area contributed by atoms with Crippen LogP contribution in [0.5, 0.6) is 5.75 Å². The van der Waals surface area contributed by atoms with Gasteiger partial charge < -0.3 is 33.2 Å². The Hall–Kier alpha value is -3.93. The topological polar surface area (TPSA) is 150 Å². The van der Waals surface area contributed by atoms with Crippen molar-refractivity contribution in [3.05, 3.63) is 35.6 Å². The maximum Gasteiger partial charge on any atom is 0.374 e. The van der Waals surface area contributed by atoms with Crippen LogP contribution in [-0.2, 0) is 52.4 Å². The Balaban J connectivity index is 1.86. The average molecular weight is 492 g/mol. The molecule has 3 rings (SSSR count). The second kappa shape index (κ2) is 11.0. The van der Waals surface area contributed by atoms with E-state index in [-0.39, 0.29) is 12.4 Å². The molecule has 2 fully saturated rings. The highest BCUT2D eigenvalue weighted by Gasteiger charge is 2.55. The molecule has 0 unspecified atom stereocenters. The molecule has 0 amide bonds. The van der Waals surface area contributed by atoms with Crippen molar-refractivity contribution in [2.75, 3.05) is 6.61 Å². The largest absolute Gasteiger partial charge is 0.463 e. The van der Waals surface area contributed by atoms with E-state index in [4.69, 9.17) is 33.2 Å². The zero-order chi connectivity index (χ0) is 25.7. The summed E-state index contributed by atoms with van der Waals surface area (Å²) in [6.45, 7) is 4.38. The van der Waals surface area contributed by atoms with Crippen molar-refractivity contribution in [3.8, 4) is 5.75 Å². The SMILES string of the molecule is CC(=O)OC[C@H]1O[C@H]2O/C(=C\c3ccc(OC(C)=O)cc3)C(=O)O[C@@H]2[C@@H](OC(C)=O)[C@@H]1OC(C)=O. The average Bonchev–Trinajstić information content (AvgIpc) is 2.75. The first-order valence-electron chi connectivity index (χ1n) is 10.5. The van der Waals surface area contributed by atoms with Gasteiger partial charge in [-0.3, -0.25) is 19.2 Å². The summed E-state index contributed by atoms with van der Waals surface area (Å²) < 4.78 is 37.5. The van der Waals surface area contributed by atoms with Gasteiger partial charge >= 0.3 is 29.8 Å². The Morgan fingerprint density at radius 2 is 1.49 bits per heavy atom. The molecule has 0 saturated carbocycles. The fraction of sp³-hybridized carbons (Fsp3) is 0.435. The predicted octanol–water partition coefficient (Wildman–Crippen LogP) is 1.05. The highest BCUT2D eigenvalue weighted by Crippen LogP contribution is 2.34. The lowest BCUT2D eigenvalue weighted by Crippen LogP contribution is -2.64. The first kappa shape index (κ1) is 25.7. The second-order valence-electron chi connectivity index (χ2n) is 7.65. The Kier molecular flexibility index (Phi) is 8.07. The summed E-state index contributed by atoms with van der Waals surface area (Å²) in [4.78, 5) is 58.5. The first-order valence-corrected chi connectivity index (χ1v) is 10.5. The molecule has 0 radical (unpaired) electrons. The summed E-state index contributed by atoms with van der Waals surface area (Å²) in [5.74, 6) is -3.33. The molecule has 2 aliphatic heterocycles. The third-order valence-corrected chi connectivity index (χ3v) is 4.77. The van der Waals surface area contributed by atoms with Crippen LogP contribution in [0.4, 0.5) is 0 Å². The maximum atomic E-state index is 12.7. The lowest BCUT2D eigenvalue weighted by Gasteiger charge is -2.45. The summed E-state index contributed by atoms with van der Waals surface area (Å²) in [7, 11) is 0. The summed E-state index contributed by atoms with van der Waals surface area (Å²) in [6, 6.07) is 6.21. The molecule has 0 aliphatic carbocycles. The van der Waals surface area contributed by atoms with Crippen LogP contribution in [0.25, 0.3) is 6.08 Å². The second-order valence-corrected chi connectivity index (χ2v) is 7.65. The van der Waals surface area contributed by atoms with Gasteiger partial charge in [-0.25, -0.2) is 4.79 Å². The van der Waals surface area contributed by atoms with Gasteiger partial charge in [0.1, 0.15) is 18.5 Å². The fourth-order valence-corrected chi connectivity index (χ4v) is 3.49. The molecule has 188 valence electrons. The van der Waals surface area contributed by atoms with Gasteiger partial charge in [-0.2, -0.15) is 0 Å². The zero-order valence-electron chi connectivity index (χ0n) is 19.4. The van der Waals surface area contributed by atoms with Gasteiger partial charge in [-0.15, -0.1) is 0 Å². The molecule has 12 heteroatoms. The zero-order valence-corrected chi connectivity index (χ0v) is 19.4. The van der Waals surface area contributed by atoms with Gasteiger partial charge in [0.25, 0.3) is 0 Å². The normalized spacial score (nSPS) is 26.5. The number of hydrogen-bond donors (Lipinski definition) is 0. The number of benzene rings is 1. The number of esters is 5. The van der Waals surface area contributed by atoms with Crippen molar-refractivity contribution in [2.24, 2.45) is 0 Å². The molecule has 2 saturated heterocycles. The highest BCUT2D eigenvalue weighted by molar-refractivity contribution is 5.92. The molecule has 35 heavy (non-hydrogen) atoms. The van der Waals surface area contributed by atoms with Crippen molar-refractivity contribution >= 4 is 35.9 Å². The molecule has 2 heterocycles. The molecule has 1 aromatic carbocycles. The number of hydrogen-bond acceptors (Lipinski definition) is 12. The van der Waals surface area contributed by atoms with Gasteiger partial charge in [0, 0.05) is 27.7 Å². The quantitative estimate of drug-likeness (QED) is 0.242. The monoisotopic (exact) mass is 492 g/mol. The van der Waals surface area contributed by atoms with Crippen LogP contribution in [-0.4, -0.2) is 67.2 Å². The number of ether oxygens (including phenoxy) is 7. The van der Waals surface area contributed by atoms with Crippen LogP contribution in [0.1, 0.15) is 33.3 Å². The van der Waals surface area contributed by atoms with E-state index in [9.17, 15) is 24.0 Å². The molecular weight excluding hydrogens is 468 g/mol. The standard InChI is InChI=1S/C23H24O12/c1-11(24)29-10-18-19(31-13(3)26)20(32-14(4)27)21-23(34-18)33-17(22(28)35-21)9-15-5-7-16(8-6-15)30-12(2)25/h5-9,18-21,23H,10H2,1-4H3/b17-9-/t18-,19-,20+,21-,23-/m1/s1. The van der Waals surface area contributed by atoms with Gasteiger partial charge in [0.2, 0.25) is 18.2 Å². The highest BCUT2D eigenvalue weighted by atomic mass is 16.8. The first-order chi connectivity index (χ1) is 16.5. The van der Waals surface area contributed by atoms with Gasteiger partial charge in [0.15, 0.2) is 12.2 Å². The third kappa shape index (κ3) is 6.79. The molecule has 0 aromatic heterocycles. The van der Waals surface area contributed by atoms with Crippen LogP contribution >= 0.6 is 0 Å². The van der Waals surface area contributed by atoms with Crippen molar-refractivity contribution in [3.63, 3.8) is 0 Å². The predicted molar refractivity (Wildman–Crippen MR) is 113 cm³/mol. The maximum absolute atomic E-state index is 12.7. The molecule has 2 aliphatic rings. The van der Waals surface area contributed by atoms with E-state index in [1.54, 1.807) is 12.1 Å². The summed E-state index contributed by atoms with van der Waals surface area (Å²) >= 11 is 0. The lowest BCUT2D eigenvalue weighted by molar-refractivity contribution is -0.311. The molecular formula is C23H24O12. The molecule has 0 bridgehead atoms. The van der Waals surface area contributed by atoms with Crippen molar-refractivity contribution in [1.82, 2.24) is 0 Å². The number of fused-ring (bicyclic) bond motifs is 1. The third-order valence-electron chi connectivity index (χ3n) is 4.77. The molecule has 1 aromatic rings. The van der Waals surface area contributed by atoms with Gasteiger partial charge in [-0.1, -0.05) is 12.1 Å². The lowest BCUT2D eigenvalue weighted by atomic mass is 9.97. The van der Waals surface area contributed by atoms with E-state index in [2.05, 4.69) is 0 Å². The van der Waals surface area contributed by atoms with E-state index in [0.717, 1.165) is 13.8 Å². The van der Waals surface area contributed by atoms with Crippen LogP contribution < -0.4 is 4.74 Å². The molecule has 0 spiro atoms. The minimum absolute atomic E-state index is 0.217. The van der Waals surface area contributed by atoms with Gasteiger partial charge in [0.05, 0.1) is 0 Å². The number of carbonyl (C=O) groups is 5. The van der Waals surface area contributed by atoms with Crippen LogP contribution in [0.3, 0.4) is 0 Å². The minimum atomic E-state index is -1.29. The van der Waals surface area contributed by atoms with Crippen LogP contribution in [0, 0.1) is 0 Å². The van der Waals surface area contributed by atoms with E-state index >= 15 is 0 Å². The Bertz CT molecular complexity index is 1030. The number of carbonyl (C=O) groups excluding carboxylic acids is 5. The molecule has 12 nitrogen and oxygen atoms in total. The Morgan fingerprint density at radius 1 is 0.857 bits per heavy atom. The van der Waals surface area contributed by atoms with Crippen LogP contribution in [0.15, 0.2) is 30.0 Å². The minimum Gasteiger partial charge on any atom is -0.463 e. The summed E-state index contributed by atoms with van der Waals surface area (Å²) in [5.41, 5.74) is 0.521.